The molecule has 0 bridgehead atoms. The van der Waals surface area contributed by atoms with Gasteiger partial charge in [0, 0.05) is 12.1 Å². The molecular weight excluding hydrogens is 324 g/mol. The van der Waals surface area contributed by atoms with E-state index in [9.17, 15) is 9.59 Å². The molecule has 2 amide bonds. The molecule has 2 aliphatic rings. The molecule has 0 saturated heterocycles. The fourth-order valence-electron chi connectivity index (χ4n) is 4.37. The zero-order valence-electron chi connectivity index (χ0n) is 15.0. The number of aryl methyl sites for hydroxylation is 2. The maximum Gasteiger partial charge on any atom is 0.251 e. The highest BCUT2D eigenvalue weighted by Crippen LogP contribution is 2.59. The molecule has 0 aliphatic heterocycles. The maximum absolute atomic E-state index is 12.2. The molecule has 0 aromatic heterocycles. The van der Waals surface area contributed by atoms with Crippen LogP contribution in [0.3, 0.4) is 0 Å². The predicted molar refractivity (Wildman–Crippen MR) is 101 cm³/mol. The van der Waals surface area contributed by atoms with Crippen LogP contribution in [0.15, 0.2) is 48.5 Å². The van der Waals surface area contributed by atoms with E-state index in [1.807, 2.05) is 25.1 Å². The lowest BCUT2D eigenvalue weighted by atomic mass is 9.92. The number of nitrogens with one attached hydrogen (secondary N) is 2. The largest absolute Gasteiger partial charge is 0.354 e. The Hall–Kier alpha value is -2.62. The van der Waals surface area contributed by atoms with Crippen LogP contribution in [-0.2, 0) is 11.2 Å². The Morgan fingerprint density at radius 2 is 1.81 bits per heavy atom. The third-order valence-corrected chi connectivity index (χ3v) is 5.83. The van der Waals surface area contributed by atoms with E-state index in [0.717, 1.165) is 12.0 Å². The number of rotatable bonds is 5. The van der Waals surface area contributed by atoms with E-state index < -0.39 is 0 Å². The van der Waals surface area contributed by atoms with Gasteiger partial charge < -0.3 is 10.6 Å². The molecule has 2 aromatic carbocycles. The van der Waals surface area contributed by atoms with Crippen molar-refractivity contribution in [3.05, 3.63) is 70.8 Å². The quantitative estimate of drug-likeness (QED) is 0.873. The van der Waals surface area contributed by atoms with E-state index >= 15 is 0 Å². The molecule has 4 nitrogen and oxygen atoms in total. The number of amides is 2. The van der Waals surface area contributed by atoms with Crippen molar-refractivity contribution < 1.29 is 9.59 Å². The Morgan fingerprint density at radius 3 is 2.65 bits per heavy atom. The van der Waals surface area contributed by atoms with Crippen LogP contribution >= 0.6 is 0 Å². The Morgan fingerprint density at radius 1 is 1.04 bits per heavy atom. The molecule has 3 unspecified atom stereocenters. The van der Waals surface area contributed by atoms with Gasteiger partial charge in [0.25, 0.3) is 5.91 Å². The summed E-state index contributed by atoms with van der Waals surface area (Å²) < 4.78 is 0. The second kappa shape index (κ2) is 6.94. The number of carbonyl (C=O) groups excluding carboxylic acids is 2. The van der Waals surface area contributed by atoms with Crippen LogP contribution in [0.1, 0.15) is 39.4 Å². The molecule has 134 valence electrons. The first-order chi connectivity index (χ1) is 12.6. The fraction of sp³-hybridized carbons (Fsp3) is 0.364. The van der Waals surface area contributed by atoms with Crippen LogP contribution < -0.4 is 10.6 Å². The van der Waals surface area contributed by atoms with Gasteiger partial charge in [-0.3, -0.25) is 9.59 Å². The van der Waals surface area contributed by atoms with E-state index in [1.165, 1.54) is 17.5 Å². The number of hydrogen-bond donors (Lipinski definition) is 2. The summed E-state index contributed by atoms with van der Waals surface area (Å²) in [6.07, 6.45) is 2.36. The Bertz CT molecular complexity index is 846. The number of fused-ring (bicyclic) bond motifs is 3. The number of hydrogen-bond acceptors (Lipinski definition) is 2. The first-order valence-electron chi connectivity index (χ1n) is 9.33. The van der Waals surface area contributed by atoms with Crippen molar-refractivity contribution in [2.75, 3.05) is 13.1 Å². The standard InChI is InChI=1S/C22H24N2O2/c1-14-6-2-4-8-16(14)22(26)24-13-20(25)23-12-19-18-11-10-15-7-3-5-9-17(15)21(18)19/h2-9,18-19,21H,10-13H2,1H3,(H,23,25)(H,24,26). The van der Waals surface area contributed by atoms with Gasteiger partial charge in [0.2, 0.25) is 5.91 Å². The van der Waals surface area contributed by atoms with Crippen molar-refractivity contribution in [2.45, 2.75) is 25.7 Å². The smallest absolute Gasteiger partial charge is 0.251 e. The molecule has 26 heavy (non-hydrogen) atoms. The van der Waals surface area contributed by atoms with Crippen molar-refractivity contribution in [1.29, 1.82) is 0 Å². The van der Waals surface area contributed by atoms with E-state index in [-0.39, 0.29) is 18.4 Å². The SMILES string of the molecule is Cc1ccccc1C(=O)NCC(=O)NCC1C2CCc3ccccc3C21. The molecule has 0 heterocycles. The van der Waals surface area contributed by atoms with Gasteiger partial charge in [-0.2, -0.15) is 0 Å². The third-order valence-electron chi connectivity index (χ3n) is 5.83. The second-order valence-electron chi connectivity index (χ2n) is 7.39. The van der Waals surface area contributed by atoms with Gasteiger partial charge in [-0.05, 0) is 60.3 Å². The summed E-state index contributed by atoms with van der Waals surface area (Å²) in [5.74, 6) is 1.51. The second-order valence-corrected chi connectivity index (χ2v) is 7.39. The van der Waals surface area contributed by atoms with Crippen molar-refractivity contribution >= 4 is 11.8 Å². The van der Waals surface area contributed by atoms with E-state index in [2.05, 4.69) is 34.9 Å². The van der Waals surface area contributed by atoms with Gasteiger partial charge in [0.1, 0.15) is 0 Å². The van der Waals surface area contributed by atoms with Gasteiger partial charge in [0.05, 0.1) is 6.54 Å². The molecule has 2 N–H and O–H groups in total. The number of carbonyl (C=O) groups is 2. The van der Waals surface area contributed by atoms with Crippen molar-refractivity contribution in [3.63, 3.8) is 0 Å². The third kappa shape index (κ3) is 3.24. The molecule has 1 saturated carbocycles. The Kier molecular flexibility index (Phi) is 4.49. The monoisotopic (exact) mass is 348 g/mol. The summed E-state index contributed by atoms with van der Waals surface area (Å²) in [5.41, 5.74) is 4.46. The van der Waals surface area contributed by atoms with Gasteiger partial charge in [-0.25, -0.2) is 0 Å². The molecule has 2 aliphatic carbocycles. The average molecular weight is 348 g/mol. The summed E-state index contributed by atoms with van der Waals surface area (Å²) >= 11 is 0. The number of benzene rings is 2. The molecular formula is C22H24N2O2. The van der Waals surface area contributed by atoms with Gasteiger partial charge in [-0.1, -0.05) is 42.5 Å². The topological polar surface area (TPSA) is 58.2 Å². The van der Waals surface area contributed by atoms with Gasteiger partial charge >= 0.3 is 0 Å². The van der Waals surface area contributed by atoms with Crippen LogP contribution in [0.2, 0.25) is 0 Å². The van der Waals surface area contributed by atoms with Crippen molar-refractivity contribution in [3.8, 4) is 0 Å². The van der Waals surface area contributed by atoms with Crippen LogP contribution in [0.4, 0.5) is 0 Å². The van der Waals surface area contributed by atoms with Crippen molar-refractivity contribution in [1.82, 2.24) is 10.6 Å². The summed E-state index contributed by atoms with van der Waals surface area (Å²) in [4.78, 5) is 24.3. The average Bonchev–Trinajstić information content (AvgIpc) is 3.38. The van der Waals surface area contributed by atoms with Crippen molar-refractivity contribution in [2.24, 2.45) is 11.8 Å². The minimum atomic E-state index is -0.202. The molecule has 2 aromatic rings. The minimum absolute atomic E-state index is 0.0197. The van der Waals surface area contributed by atoms with Gasteiger partial charge in [0.15, 0.2) is 0 Å². The predicted octanol–water partition coefficient (Wildman–Crippen LogP) is 2.82. The van der Waals surface area contributed by atoms with Crippen LogP contribution in [0.5, 0.6) is 0 Å². The highest BCUT2D eigenvalue weighted by atomic mass is 16.2. The van der Waals surface area contributed by atoms with Crippen LogP contribution in [-0.4, -0.2) is 24.9 Å². The summed E-state index contributed by atoms with van der Waals surface area (Å²) in [7, 11) is 0. The highest BCUT2D eigenvalue weighted by Gasteiger charge is 2.52. The highest BCUT2D eigenvalue weighted by molar-refractivity contribution is 5.97. The lowest BCUT2D eigenvalue weighted by Crippen LogP contribution is -2.38. The summed E-state index contributed by atoms with van der Waals surface area (Å²) in [6, 6.07) is 16.1. The first-order valence-corrected chi connectivity index (χ1v) is 9.33. The Labute approximate surface area is 154 Å². The van der Waals surface area contributed by atoms with E-state index in [1.54, 1.807) is 6.07 Å². The first kappa shape index (κ1) is 16.8. The van der Waals surface area contributed by atoms with Crippen LogP contribution in [0, 0.1) is 18.8 Å². The summed E-state index contributed by atoms with van der Waals surface area (Å²) in [5, 5.41) is 5.71. The molecule has 0 spiro atoms. The lowest BCUT2D eigenvalue weighted by Gasteiger charge is -2.13. The van der Waals surface area contributed by atoms with E-state index in [4.69, 9.17) is 0 Å². The van der Waals surface area contributed by atoms with Gasteiger partial charge in [-0.15, -0.1) is 0 Å². The molecule has 1 fully saturated rings. The zero-order chi connectivity index (χ0) is 18.1. The lowest BCUT2D eigenvalue weighted by molar-refractivity contribution is -0.120. The fourth-order valence-corrected chi connectivity index (χ4v) is 4.37. The molecule has 4 heteroatoms. The molecule has 0 radical (unpaired) electrons. The maximum atomic E-state index is 12.2. The zero-order valence-corrected chi connectivity index (χ0v) is 15.0. The molecule has 3 atom stereocenters. The molecule has 4 rings (SSSR count). The minimum Gasteiger partial charge on any atom is -0.354 e. The normalized spacial score (nSPS) is 22.7. The van der Waals surface area contributed by atoms with Crippen LogP contribution in [0.25, 0.3) is 0 Å². The summed E-state index contributed by atoms with van der Waals surface area (Å²) in [6.45, 7) is 2.61. The Balaban J connectivity index is 1.26. The van der Waals surface area contributed by atoms with E-state index in [0.29, 0.717) is 29.9 Å².